The second-order valence-electron chi connectivity index (χ2n) is 3.01. The van der Waals surface area contributed by atoms with Crippen molar-refractivity contribution in [3.05, 3.63) is 15.5 Å². The Balaban J connectivity index is 0. The second kappa shape index (κ2) is 12.3. The molecule has 104 valence electrons. The molecule has 18 heavy (non-hydrogen) atoms. The number of unbranched alkanes of at least 4 members (excludes halogenated alkanes) is 1. The van der Waals surface area contributed by atoms with E-state index >= 15 is 0 Å². The molecule has 1 aromatic rings. The Morgan fingerprint density at radius 1 is 1.61 bits per heavy atom. The van der Waals surface area contributed by atoms with Crippen LogP contribution in [0.4, 0.5) is 0 Å². The van der Waals surface area contributed by atoms with E-state index in [1.165, 1.54) is 11.3 Å². The lowest BCUT2D eigenvalue weighted by molar-refractivity contribution is 0.804. The zero-order chi connectivity index (χ0) is 13.1. The number of nitrogens with one attached hydrogen (secondary N) is 3. The van der Waals surface area contributed by atoms with Gasteiger partial charge in [-0.1, -0.05) is 13.3 Å². The highest BCUT2D eigenvalue weighted by molar-refractivity contribution is 7.73. The first-order valence-corrected chi connectivity index (χ1v) is 6.38. The summed E-state index contributed by atoms with van der Waals surface area (Å²) in [6.07, 6.45) is 3.91. The van der Waals surface area contributed by atoms with Crippen LogP contribution in [0.3, 0.4) is 0 Å². The first-order chi connectivity index (χ1) is 8.06. The van der Waals surface area contributed by atoms with E-state index in [2.05, 4.69) is 22.2 Å². The van der Waals surface area contributed by atoms with Crippen molar-refractivity contribution in [3.8, 4) is 0 Å². The number of nitrogens with two attached hydrogens (primary N) is 2. The molecule has 0 fully saturated rings. The summed E-state index contributed by atoms with van der Waals surface area (Å²) in [6, 6.07) is 0. The van der Waals surface area contributed by atoms with Gasteiger partial charge in [-0.3, -0.25) is 15.7 Å². The zero-order valence-electron chi connectivity index (χ0n) is 10.1. The number of rotatable bonds is 3. The number of aliphatic imine (C=N–C) groups is 1. The molecule has 0 saturated heterocycles. The fraction of sp³-hybridized carbons (Fsp3) is 0.444. The SMILES string of the molecule is CCCCN=C(N)NC(=N)N.Cl.S=c1[nH]ccs1. The summed E-state index contributed by atoms with van der Waals surface area (Å²) < 4.78 is 0.843. The Hall–Kier alpha value is -1.12. The molecule has 0 atom stereocenters. The highest BCUT2D eigenvalue weighted by Crippen LogP contribution is 1.93. The lowest BCUT2D eigenvalue weighted by Gasteiger charge is -2.00. The van der Waals surface area contributed by atoms with Crippen LogP contribution in [-0.2, 0) is 0 Å². The van der Waals surface area contributed by atoms with Gasteiger partial charge in [0.2, 0.25) is 0 Å². The number of hydrogen-bond acceptors (Lipinski definition) is 4. The first-order valence-electron chi connectivity index (χ1n) is 5.09. The molecule has 1 aromatic heterocycles. The van der Waals surface area contributed by atoms with Gasteiger partial charge in [0.25, 0.3) is 0 Å². The highest BCUT2D eigenvalue weighted by Gasteiger charge is 1.90. The van der Waals surface area contributed by atoms with Gasteiger partial charge in [0.05, 0.1) is 0 Å². The van der Waals surface area contributed by atoms with Crippen molar-refractivity contribution < 1.29 is 0 Å². The van der Waals surface area contributed by atoms with E-state index in [0.29, 0.717) is 6.54 Å². The molecular weight excluding hydrogens is 292 g/mol. The lowest BCUT2D eigenvalue weighted by Crippen LogP contribution is -2.40. The largest absolute Gasteiger partial charge is 0.370 e. The van der Waals surface area contributed by atoms with Crippen LogP contribution < -0.4 is 16.8 Å². The van der Waals surface area contributed by atoms with Gasteiger partial charge in [-0.2, -0.15) is 0 Å². The summed E-state index contributed by atoms with van der Waals surface area (Å²) in [6.45, 7) is 2.76. The van der Waals surface area contributed by atoms with Crippen molar-refractivity contribution in [1.82, 2.24) is 10.3 Å². The minimum Gasteiger partial charge on any atom is -0.370 e. The molecule has 0 aliphatic heterocycles. The molecule has 0 unspecified atom stereocenters. The number of hydrogen-bond donors (Lipinski definition) is 5. The molecule has 0 radical (unpaired) electrons. The van der Waals surface area contributed by atoms with Crippen LogP contribution in [0, 0.1) is 9.36 Å². The second-order valence-corrected chi connectivity index (χ2v) is 4.59. The third kappa shape index (κ3) is 12.9. The smallest absolute Gasteiger partial charge is 0.195 e. The van der Waals surface area contributed by atoms with E-state index in [-0.39, 0.29) is 24.3 Å². The maximum atomic E-state index is 6.81. The lowest BCUT2D eigenvalue weighted by atomic mass is 10.3. The molecule has 1 rings (SSSR count). The molecule has 1 heterocycles. The Bertz CT molecular complexity index is 383. The van der Waals surface area contributed by atoms with E-state index < -0.39 is 0 Å². The Kier molecular flexibility index (Phi) is 13.2. The average molecular weight is 311 g/mol. The summed E-state index contributed by atoms with van der Waals surface area (Å²) in [5, 5.41) is 11.1. The van der Waals surface area contributed by atoms with E-state index in [4.69, 9.17) is 29.1 Å². The molecule has 0 amide bonds. The van der Waals surface area contributed by atoms with E-state index in [0.717, 1.165) is 16.8 Å². The Morgan fingerprint density at radius 2 is 2.28 bits per heavy atom. The molecule has 6 nitrogen and oxygen atoms in total. The van der Waals surface area contributed by atoms with Gasteiger partial charge in [0, 0.05) is 18.1 Å². The van der Waals surface area contributed by atoms with Gasteiger partial charge in [0.1, 0.15) is 0 Å². The molecule has 0 aromatic carbocycles. The summed E-state index contributed by atoms with van der Waals surface area (Å²) in [5.41, 5.74) is 10.3. The van der Waals surface area contributed by atoms with Crippen LogP contribution >= 0.6 is 36.0 Å². The Morgan fingerprint density at radius 3 is 2.61 bits per heavy atom. The van der Waals surface area contributed by atoms with Crippen molar-refractivity contribution in [3.63, 3.8) is 0 Å². The maximum absolute atomic E-state index is 6.81. The van der Waals surface area contributed by atoms with Crippen molar-refractivity contribution in [2.75, 3.05) is 6.54 Å². The van der Waals surface area contributed by atoms with E-state index in [9.17, 15) is 0 Å². The van der Waals surface area contributed by atoms with Crippen LogP contribution in [0.2, 0.25) is 0 Å². The van der Waals surface area contributed by atoms with Crippen LogP contribution in [0.15, 0.2) is 16.6 Å². The molecule has 9 heteroatoms. The number of guanidine groups is 2. The third-order valence-corrected chi connectivity index (χ3v) is 2.51. The van der Waals surface area contributed by atoms with E-state index in [1.54, 1.807) is 0 Å². The summed E-state index contributed by atoms with van der Waals surface area (Å²) >= 11 is 6.25. The van der Waals surface area contributed by atoms with Gasteiger partial charge >= 0.3 is 0 Å². The van der Waals surface area contributed by atoms with Gasteiger partial charge in [0.15, 0.2) is 15.9 Å². The fourth-order valence-electron chi connectivity index (χ4n) is 0.767. The van der Waals surface area contributed by atoms with Crippen LogP contribution in [-0.4, -0.2) is 23.4 Å². The topological polar surface area (TPSA) is 116 Å². The first kappa shape index (κ1) is 19.2. The van der Waals surface area contributed by atoms with Gasteiger partial charge in [-0.05, 0) is 18.6 Å². The van der Waals surface area contributed by atoms with E-state index in [1.807, 2.05) is 11.6 Å². The standard InChI is InChI=1S/C6H15N5.C3H3NS2.ClH/c1-2-3-4-10-6(9)11-5(7)8;5-3-4-1-2-6-3;/h2-4H2,1H3,(H6,7,8,9,10,11);1-2H,(H,4,5);1H. The molecule has 0 bridgehead atoms. The molecule has 0 spiro atoms. The predicted molar refractivity (Wildman–Crippen MR) is 83.2 cm³/mol. The maximum Gasteiger partial charge on any atom is 0.195 e. The number of halogens is 1. The average Bonchev–Trinajstić information content (AvgIpc) is 2.69. The highest BCUT2D eigenvalue weighted by atomic mass is 35.5. The van der Waals surface area contributed by atoms with Gasteiger partial charge in [-0.25, -0.2) is 0 Å². The van der Waals surface area contributed by atoms with Crippen molar-refractivity contribution >= 4 is 47.9 Å². The number of H-pyrrole nitrogens is 1. The molecule has 0 saturated carbocycles. The summed E-state index contributed by atoms with van der Waals surface area (Å²) in [5.74, 6) is 0.0358. The van der Waals surface area contributed by atoms with Crippen molar-refractivity contribution in [1.29, 1.82) is 5.41 Å². The van der Waals surface area contributed by atoms with Crippen molar-refractivity contribution in [2.24, 2.45) is 16.5 Å². The molecule has 0 aliphatic carbocycles. The van der Waals surface area contributed by atoms with Gasteiger partial charge in [-0.15, -0.1) is 23.7 Å². The number of aromatic nitrogens is 1. The quantitative estimate of drug-likeness (QED) is 0.253. The van der Waals surface area contributed by atoms with Crippen molar-refractivity contribution in [2.45, 2.75) is 19.8 Å². The van der Waals surface area contributed by atoms with Crippen LogP contribution in [0.25, 0.3) is 0 Å². The molecular formula is C9H19ClN6S2. The monoisotopic (exact) mass is 310 g/mol. The molecule has 0 aliphatic rings. The van der Waals surface area contributed by atoms with Crippen LogP contribution in [0.5, 0.6) is 0 Å². The normalized spacial score (nSPS) is 9.72. The summed E-state index contributed by atoms with van der Waals surface area (Å²) in [4.78, 5) is 6.75. The number of aromatic amines is 1. The molecule has 7 N–H and O–H groups in total. The zero-order valence-corrected chi connectivity index (χ0v) is 12.6. The number of nitrogens with zero attached hydrogens (tertiary/aromatic N) is 1. The van der Waals surface area contributed by atoms with Gasteiger partial charge < -0.3 is 16.5 Å². The third-order valence-electron chi connectivity index (χ3n) is 1.50. The minimum absolute atomic E-state index is 0. The summed E-state index contributed by atoms with van der Waals surface area (Å²) in [7, 11) is 0. The van der Waals surface area contributed by atoms with Crippen LogP contribution in [0.1, 0.15) is 19.8 Å². The minimum atomic E-state index is -0.178. The number of thiazole rings is 1. The fourth-order valence-corrected chi connectivity index (χ4v) is 1.40. The predicted octanol–water partition coefficient (Wildman–Crippen LogP) is 1.81. The Labute approximate surface area is 122 Å².